The number of halogens is 3. The average molecular weight is 276 g/mol. The molecule has 0 atom stereocenters. The van der Waals surface area contributed by atoms with Gasteiger partial charge >= 0.3 is 12.1 Å². The Morgan fingerprint density at radius 2 is 1.89 bits per heavy atom. The number of likely N-dealkylation sites (N-methyl/N-ethyl adjacent to an activating group) is 1. The number of carbonyl (C=O) groups is 1. The number of anilines is 2. The van der Waals surface area contributed by atoms with Crippen molar-refractivity contribution in [1.29, 1.82) is 0 Å². The number of hydrogen-bond donors (Lipinski definition) is 2. The number of benzene rings is 1. The number of hydrogen-bond acceptors (Lipinski definition) is 3. The molecule has 0 aromatic heterocycles. The summed E-state index contributed by atoms with van der Waals surface area (Å²) in [7, 11) is 0. The van der Waals surface area contributed by atoms with Crippen LogP contribution >= 0.6 is 0 Å². The van der Waals surface area contributed by atoms with Gasteiger partial charge in [-0.15, -0.1) is 0 Å². The smallest absolute Gasteiger partial charge is 0.395 e. The monoisotopic (exact) mass is 276 g/mol. The summed E-state index contributed by atoms with van der Waals surface area (Å²) in [5.41, 5.74) is 0.840. The second-order valence-electron chi connectivity index (χ2n) is 3.80. The Bertz CT molecular complexity index is 418. The topological polar surface area (TPSA) is 52.6 Å². The number of aliphatic hydroxyl groups is 1. The summed E-state index contributed by atoms with van der Waals surface area (Å²) >= 11 is 0. The van der Waals surface area contributed by atoms with Gasteiger partial charge in [0.2, 0.25) is 0 Å². The van der Waals surface area contributed by atoms with E-state index in [2.05, 4.69) is 0 Å². The highest BCUT2D eigenvalue weighted by Gasteiger charge is 2.38. The number of aliphatic hydroxyl groups excluding tert-OH is 1. The molecule has 0 aliphatic heterocycles. The van der Waals surface area contributed by atoms with Crippen LogP contribution in [-0.2, 0) is 4.79 Å². The molecule has 0 aliphatic carbocycles. The molecular formula is C12H15F3N2O2. The van der Waals surface area contributed by atoms with Crippen LogP contribution < -0.4 is 10.2 Å². The standard InChI is InChI=1S/C12H15F3N2O2/c1-2-17(7-8-18)10-5-3-9(4-6-10)16-11(19)12(13,14)15/h3-6,18H,2,7-8H2,1H3,(H,16,19). The van der Waals surface area contributed by atoms with Crippen molar-refractivity contribution in [3.8, 4) is 0 Å². The molecule has 0 unspecified atom stereocenters. The Balaban J connectivity index is 2.74. The number of nitrogens with one attached hydrogen (secondary N) is 1. The second-order valence-corrected chi connectivity index (χ2v) is 3.80. The summed E-state index contributed by atoms with van der Waals surface area (Å²) in [4.78, 5) is 12.6. The maximum Gasteiger partial charge on any atom is 0.471 e. The number of rotatable bonds is 5. The Labute approximate surface area is 108 Å². The fourth-order valence-electron chi connectivity index (χ4n) is 1.55. The Morgan fingerprint density at radius 1 is 1.32 bits per heavy atom. The maximum atomic E-state index is 12.0. The van der Waals surface area contributed by atoms with Crippen LogP contribution in [0.4, 0.5) is 24.5 Å². The summed E-state index contributed by atoms with van der Waals surface area (Å²) in [6, 6.07) is 5.95. The van der Waals surface area contributed by atoms with Crippen LogP contribution in [-0.4, -0.2) is 36.9 Å². The maximum absolute atomic E-state index is 12.0. The lowest BCUT2D eigenvalue weighted by atomic mass is 10.2. The molecule has 1 aromatic carbocycles. The van der Waals surface area contributed by atoms with Gasteiger partial charge in [-0.1, -0.05) is 0 Å². The van der Waals surface area contributed by atoms with Crippen molar-refractivity contribution in [2.24, 2.45) is 0 Å². The molecule has 1 amide bonds. The van der Waals surface area contributed by atoms with Gasteiger partial charge in [-0.3, -0.25) is 4.79 Å². The lowest BCUT2D eigenvalue weighted by Gasteiger charge is -2.22. The minimum atomic E-state index is -4.90. The third-order valence-electron chi connectivity index (χ3n) is 2.50. The molecule has 106 valence electrons. The van der Waals surface area contributed by atoms with Crippen molar-refractivity contribution in [1.82, 2.24) is 0 Å². The van der Waals surface area contributed by atoms with Gasteiger partial charge in [0.05, 0.1) is 6.61 Å². The molecule has 0 saturated carbocycles. The normalized spacial score (nSPS) is 11.2. The van der Waals surface area contributed by atoms with E-state index in [-0.39, 0.29) is 12.3 Å². The van der Waals surface area contributed by atoms with Crippen LogP contribution in [0.1, 0.15) is 6.92 Å². The number of nitrogens with zero attached hydrogens (tertiary/aromatic N) is 1. The van der Waals surface area contributed by atoms with E-state index in [0.29, 0.717) is 13.1 Å². The quantitative estimate of drug-likeness (QED) is 0.865. The van der Waals surface area contributed by atoms with Crippen molar-refractivity contribution in [3.05, 3.63) is 24.3 Å². The summed E-state index contributed by atoms with van der Waals surface area (Å²) < 4.78 is 36.1. The molecule has 0 fully saturated rings. The van der Waals surface area contributed by atoms with Crippen LogP contribution in [0, 0.1) is 0 Å². The predicted octanol–water partition coefficient (Wildman–Crippen LogP) is 2.01. The third-order valence-corrected chi connectivity index (χ3v) is 2.50. The van der Waals surface area contributed by atoms with Crippen LogP contribution in [0.2, 0.25) is 0 Å². The molecule has 2 N–H and O–H groups in total. The van der Waals surface area contributed by atoms with E-state index in [0.717, 1.165) is 5.69 Å². The highest BCUT2D eigenvalue weighted by Crippen LogP contribution is 2.21. The highest BCUT2D eigenvalue weighted by atomic mass is 19.4. The lowest BCUT2D eigenvalue weighted by Crippen LogP contribution is -2.30. The number of amides is 1. The van der Waals surface area contributed by atoms with Crippen LogP contribution in [0.25, 0.3) is 0 Å². The first-order valence-corrected chi connectivity index (χ1v) is 5.72. The van der Waals surface area contributed by atoms with E-state index in [4.69, 9.17) is 5.11 Å². The van der Waals surface area contributed by atoms with Gasteiger partial charge in [-0.25, -0.2) is 0 Å². The molecule has 1 aromatic rings. The molecule has 4 nitrogen and oxygen atoms in total. The third kappa shape index (κ3) is 4.44. The van der Waals surface area contributed by atoms with E-state index in [9.17, 15) is 18.0 Å². The summed E-state index contributed by atoms with van der Waals surface area (Å²) in [5, 5.41) is 10.6. The largest absolute Gasteiger partial charge is 0.471 e. The molecular weight excluding hydrogens is 261 g/mol. The average Bonchev–Trinajstić information content (AvgIpc) is 2.36. The second kappa shape index (κ2) is 6.42. The van der Waals surface area contributed by atoms with E-state index >= 15 is 0 Å². The van der Waals surface area contributed by atoms with Gasteiger partial charge in [0.1, 0.15) is 0 Å². The molecule has 1 rings (SSSR count). The fourth-order valence-corrected chi connectivity index (χ4v) is 1.55. The first-order valence-electron chi connectivity index (χ1n) is 5.72. The van der Waals surface area contributed by atoms with Gasteiger partial charge in [0.15, 0.2) is 0 Å². The van der Waals surface area contributed by atoms with Crippen molar-refractivity contribution in [2.45, 2.75) is 13.1 Å². The van der Waals surface area contributed by atoms with Gasteiger partial charge in [-0.2, -0.15) is 13.2 Å². The van der Waals surface area contributed by atoms with E-state index in [1.165, 1.54) is 12.1 Å². The van der Waals surface area contributed by atoms with E-state index in [1.807, 2.05) is 11.8 Å². The predicted molar refractivity (Wildman–Crippen MR) is 66.1 cm³/mol. The van der Waals surface area contributed by atoms with E-state index in [1.54, 1.807) is 17.4 Å². The summed E-state index contributed by atoms with van der Waals surface area (Å²) in [6.45, 7) is 2.98. The highest BCUT2D eigenvalue weighted by molar-refractivity contribution is 5.95. The van der Waals surface area contributed by atoms with Crippen molar-refractivity contribution in [2.75, 3.05) is 29.9 Å². The van der Waals surface area contributed by atoms with Crippen molar-refractivity contribution >= 4 is 17.3 Å². The van der Waals surface area contributed by atoms with Gasteiger partial charge in [-0.05, 0) is 31.2 Å². The number of carbonyl (C=O) groups excluding carboxylic acids is 1. The minimum absolute atomic E-state index is 0.0135. The van der Waals surface area contributed by atoms with Crippen molar-refractivity contribution < 1.29 is 23.1 Å². The molecule has 0 spiro atoms. The SMILES string of the molecule is CCN(CCO)c1ccc(NC(=O)C(F)(F)F)cc1. The molecule has 0 saturated heterocycles. The molecule has 0 bridgehead atoms. The van der Waals surface area contributed by atoms with Gasteiger partial charge < -0.3 is 15.3 Å². The minimum Gasteiger partial charge on any atom is -0.395 e. The van der Waals surface area contributed by atoms with E-state index < -0.39 is 12.1 Å². The zero-order valence-corrected chi connectivity index (χ0v) is 10.4. The zero-order chi connectivity index (χ0) is 14.5. The van der Waals surface area contributed by atoms with Gasteiger partial charge in [0, 0.05) is 24.5 Å². The lowest BCUT2D eigenvalue weighted by molar-refractivity contribution is -0.167. The van der Waals surface area contributed by atoms with Crippen LogP contribution in [0.15, 0.2) is 24.3 Å². The molecule has 19 heavy (non-hydrogen) atoms. The summed E-state index contributed by atoms with van der Waals surface area (Å²) in [6.07, 6.45) is -4.90. The Morgan fingerprint density at radius 3 is 2.32 bits per heavy atom. The molecule has 0 heterocycles. The zero-order valence-electron chi connectivity index (χ0n) is 10.4. The summed E-state index contributed by atoms with van der Waals surface area (Å²) in [5.74, 6) is -2.00. The molecule has 0 aliphatic rings. The van der Waals surface area contributed by atoms with Crippen molar-refractivity contribution in [3.63, 3.8) is 0 Å². The van der Waals surface area contributed by atoms with Crippen LogP contribution in [0.5, 0.6) is 0 Å². The Hall–Kier alpha value is -1.76. The number of alkyl halides is 3. The first-order chi connectivity index (χ1) is 8.88. The van der Waals surface area contributed by atoms with Crippen LogP contribution in [0.3, 0.4) is 0 Å². The first kappa shape index (κ1) is 15.3. The van der Waals surface area contributed by atoms with Gasteiger partial charge in [0.25, 0.3) is 0 Å². The molecule has 0 radical (unpaired) electrons. The Kier molecular flexibility index (Phi) is 5.17. The fraction of sp³-hybridized carbons (Fsp3) is 0.417. The molecule has 7 heteroatoms.